The van der Waals surface area contributed by atoms with Gasteiger partial charge in [-0.1, -0.05) is 0 Å². The Labute approximate surface area is 146 Å². The summed E-state index contributed by atoms with van der Waals surface area (Å²) >= 11 is 0. The van der Waals surface area contributed by atoms with Crippen molar-refractivity contribution in [2.45, 2.75) is 38.9 Å². The predicted octanol–water partition coefficient (Wildman–Crippen LogP) is 1.74. The van der Waals surface area contributed by atoms with Crippen LogP contribution in [0.25, 0.3) is 0 Å². The van der Waals surface area contributed by atoms with E-state index in [0.717, 1.165) is 0 Å². The molecular weight excluding hydrogens is 321 g/mol. The Morgan fingerprint density at radius 3 is 2.48 bits per heavy atom. The number of amides is 1. The van der Waals surface area contributed by atoms with E-state index in [1.165, 1.54) is 12.5 Å². The third-order valence-electron chi connectivity index (χ3n) is 4.45. The van der Waals surface area contributed by atoms with Crippen molar-refractivity contribution < 1.29 is 18.5 Å². The van der Waals surface area contributed by atoms with Gasteiger partial charge in [0, 0.05) is 23.5 Å². The van der Waals surface area contributed by atoms with Crippen LogP contribution in [0, 0.1) is 0 Å². The highest BCUT2D eigenvalue weighted by Crippen LogP contribution is 2.36. The molecule has 2 aromatic heterocycles. The minimum atomic E-state index is -0.571. The van der Waals surface area contributed by atoms with Crippen molar-refractivity contribution >= 4 is 24.9 Å². The molecule has 0 unspecified atom stereocenters. The van der Waals surface area contributed by atoms with Crippen LogP contribution in [0.4, 0.5) is 0 Å². The number of rotatable bonds is 4. The molecule has 0 aromatic carbocycles. The van der Waals surface area contributed by atoms with Crippen LogP contribution in [0.3, 0.4) is 0 Å². The SMILES string of the molecule is CC1(C)OB(c2cc(/C=N/NC(=O)c3ccncc3)co2)OC1(C)C. The van der Waals surface area contributed by atoms with E-state index in [4.69, 9.17) is 13.7 Å². The number of pyridine rings is 1. The topological polar surface area (TPSA) is 86.0 Å². The van der Waals surface area contributed by atoms with Gasteiger partial charge in [-0.25, -0.2) is 5.43 Å². The van der Waals surface area contributed by atoms with E-state index in [2.05, 4.69) is 15.5 Å². The van der Waals surface area contributed by atoms with Crippen molar-refractivity contribution in [3.63, 3.8) is 0 Å². The molecule has 0 aliphatic carbocycles. The highest BCUT2D eigenvalue weighted by Gasteiger charge is 2.53. The van der Waals surface area contributed by atoms with Crippen molar-refractivity contribution in [3.05, 3.63) is 48.0 Å². The van der Waals surface area contributed by atoms with Crippen molar-refractivity contribution in [2.24, 2.45) is 5.10 Å². The Morgan fingerprint density at radius 1 is 1.20 bits per heavy atom. The third kappa shape index (κ3) is 3.64. The Hall–Kier alpha value is -2.45. The van der Waals surface area contributed by atoms with Crippen molar-refractivity contribution in [3.8, 4) is 0 Å². The number of nitrogens with one attached hydrogen (secondary N) is 1. The molecule has 1 N–H and O–H groups in total. The lowest BCUT2D eigenvalue weighted by molar-refractivity contribution is 0.00578. The maximum Gasteiger partial charge on any atom is 0.532 e. The van der Waals surface area contributed by atoms with Gasteiger partial charge in [0.1, 0.15) is 5.66 Å². The summed E-state index contributed by atoms with van der Waals surface area (Å²) in [5, 5.41) is 3.93. The normalized spacial score (nSPS) is 18.6. The smallest absolute Gasteiger partial charge is 0.472 e. The molecule has 8 heteroatoms. The van der Waals surface area contributed by atoms with Gasteiger partial charge in [0.2, 0.25) is 0 Å². The summed E-state index contributed by atoms with van der Waals surface area (Å²) in [7, 11) is -0.571. The van der Waals surface area contributed by atoms with Crippen LogP contribution in [0.15, 0.2) is 46.4 Å². The average Bonchev–Trinajstić information content (AvgIpc) is 3.11. The van der Waals surface area contributed by atoms with Gasteiger partial charge in [-0.2, -0.15) is 5.10 Å². The Morgan fingerprint density at radius 2 is 1.84 bits per heavy atom. The van der Waals surface area contributed by atoms with Gasteiger partial charge in [0.15, 0.2) is 0 Å². The summed E-state index contributed by atoms with van der Waals surface area (Å²) in [4.78, 5) is 15.7. The van der Waals surface area contributed by atoms with Gasteiger partial charge in [0.05, 0.1) is 23.7 Å². The second-order valence-electron chi connectivity index (χ2n) is 6.81. The first-order valence-corrected chi connectivity index (χ1v) is 7.96. The van der Waals surface area contributed by atoms with Gasteiger partial charge in [0.25, 0.3) is 5.91 Å². The molecule has 1 fully saturated rings. The molecule has 2 aromatic rings. The van der Waals surface area contributed by atoms with Crippen LogP contribution in [-0.4, -0.2) is 35.4 Å². The minimum Gasteiger partial charge on any atom is -0.472 e. The third-order valence-corrected chi connectivity index (χ3v) is 4.45. The first-order chi connectivity index (χ1) is 11.8. The fraction of sp³-hybridized carbons (Fsp3) is 0.353. The molecule has 1 amide bonds. The van der Waals surface area contributed by atoms with Crippen LogP contribution in [0.1, 0.15) is 43.6 Å². The van der Waals surface area contributed by atoms with E-state index in [-0.39, 0.29) is 5.91 Å². The van der Waals surface area contributed by atoms with Crippen LogP contribution in [0.2, 0.25) is 0 Å². The molecule has 3 rings (SSSR count). The first-order valence-electron chi connectivity index (χ1n) is 7.96. The van der Waals surface area contributed by atoms with E-state index in [1.54, 1.807) is 30.6 Å². The largest absolute Gasteiger partial charge is 0.532 e. The molecule has 1 saturated heterocycles. The van der Waals surface area contributed by atoms with Gasteiger partial charge in [-0.3, -0.25) is 9.78 Å². The second-order valence-corrected chi connectivity index (χ2v) is 6.81. The summed E-state index contributed by atoms with van der Waals surface area (Å²) in [6.07, 6.45) is 6.12. The zero-order valence-electron chi connectivity index (χ0n) is 14.6. The molecule has 0 atom stereocenters. The van der Waals surface area contributed by atoms with Crippen LogP contribution < -0.4 is 11.1 Å². The summed E-state index contributed by atoms with van der Waals surface area (Å²) < 4.78 is 17.4. The molecule has 25 heavy (non-hydrogen) atoms. The summed E-state index contributed by atoms with van der Waals surface area (Å²) in [6.45, 7) is 7.92. The lowest BCUT2D eigenvalue weighted by Crippen LogP contribution is -2.41. The number of carbonyl (C=O) groups excluding carboxylic acids is 1. The Balaban J connectivity index is 1.62. The van der Waals surface area contributed by atoms with Crippen LogP contribution in [0.5, 0.6) is 0 Å². The molecule has 7 nitrogen and oxygen atoms in total. The van der Waals surface area contributed by atoms with E-state index < -0.39 is 18.3 Å². The number of nitrogens with zero attached hydrogens (tertiary/aromatic N) is 2. The standard InChI is InChI=1S/C17H20BN3O4/c1-16(2)17(3,4)25-18(24-16)14-9-12(11-23-14)10-20-21-15(22)13-5-7-19-8-6-13/h5-11H,1-4H3,(H,21,22)/b20-10+. The monoisotopic (exact) mass is 341 g/mol. The van der Waals surface area contributed by atoms with E-state index >= 15 is 0 Å². The van der Waals surface area contributed by atoms with Gasteiger partial charge >= 0.3 is 7.12 Å². The van der Waals surface area contributed by atoms with Crippen LogP contribution in [-0.2, 0) is 9.31 Å². The number of aromatic nitrogens is 1. The number of hydrogen-bond acceptors (Lipinski definition) is 6. The molecule has 0 radical (unpaired) electrons. The van der Waals surface area contributed by atoms with Gasteiger partial charge in [-0.05, 0) is 45.9 Å². The number of carbonyl (C=O) groups is 1. The maximum absolute atomic E-state index is 11.9. The number of furan rings is 1. The summed E-state index contributed by atoms with van der Waals surface area (Å²) in [6, 6.07) is 4.99. The molecule has 1 aliphatic rings. The Bertz CT molecular complexity index is 770. The molecule has 0 bridgehead atoms. The van der Waals surface area contributed by atoms with Gasteiger partial charge < -0.3 is 13.7 Å². The van der Waals surface area contributed by atoms with Crippen LogP contribution >= 0.6 is 0 Å². The predicted molar refractivity (Wildman–Crippen MR) is 93.7 cm³/mol. The quantitative estimate of drug-likeness (QED) is 0.520. The average molecular weight is 341 g/mol. The molecular formula is C17H20BN3O4. The zero-order valence-corrected chi connectivity index (χ0v) is 14.6. The van der Waals surface area contributed by atoms with Crippen molar-refractivity contribution in [2.75, 3.05) is 0 Å². The number of hydrogen-bond donors (Lipinski definition) is 1. The molecule has 1 aliphatic heterocycles. The minimum absolute atomic E-state index is 0.312. The van der Waals surface area contributed by atoms with Gasteiger partial charge in [-0.15, -0.1) is 0 Å². The molecule has 0 spiro atoms. The zero-order chi connectivity index (χ0) is 18.1. The lowest BCUT2D eigenvalue weighted by atomic mass is 9.86. The molecule has 3 heterocycles. The fourth-order valence-corrected chi connectivity index (χ4v) is 2.25. The number of hydrazone groups is 1. The fourth-order valence-electron chi connectivity index (χ4n) is 2.25. The maximum atomic E-state index is 11.9. The van der Waals surface area contributed by atoms with E-state index in [0.29, 0.717) is 16.8 Å². The summed E-state index contributed by atoms with van der Waals surface area (Å²) in [5.41, 5.74) is 3.32. The van der Waals surface area contributed by atoms with E-state index in [9.17, 15) is 4.79 Å². The molecule has 130 valence electrons. The first kappa shape index (κ1) is 17.4. The van der Waals surface area contributed by atoms with Crippen molar-refractivity contribution in [1.82, 2.24) is 10.4 Å². The highest BCUT2D eigenvalue weighted by atomic mass is 16.7. The second kappa shape index (κ2) is 6.46. The highest BCUT2D eigenvalue weighted by molar-refractivity contribution is 6.60. The lowest BCUT2D eigenvalue weighted by Gasteiger charge is -2.32. The van der Waals surface area contributed by atoms with Crippen molar-refractivity contribution in [1.29, 1.82) is 0 Å². The molecule has 0 saturated carbocycles. The Kier molecular flexibility index (Phi) is 4.49. The summed E-state index contributed by atoms with van der Waals surface area (Å²) in [5.74, 6) is -0.312. The van der Waals surface area contributed by atoms with E-state index in [1.807, 2.05) is 27.7 Å².